The van der Waals surface area contributed by atoms with Gasteiger partial charge in [-0.15, -0.1) is 0 Å². The molecule has 6 heteroatoms. The third-order valence-electron chi connectivity index (χ3n) is 2.41. The average molecular weight is 304 g/mol. The Morgan fingerprint density at radius 1 is 0.682 bits per heavy atom. The fraction of sp³-hybridized carbons (Fsp3) is 0.125. The zero-order chi connectivity index (χ0) is 16.2. The van der Waals surface area contributed by atoms with Crippen LogP contribution in [0.4, 0.5) is 9.59 Å². The second-order valence-electron chi connectivity index (χ2n) is 4.08. The van der Waals surface area contributed by atoms with Crippen molar-refractivity contribution in [2.45, 2.75) is 13.2 Å². The van der Waals surface area contributed by atoms with Crippen molar-refractivity contribution in [3.8, 4) is 0 Å². The maximum Gasteiger partial charge on any atom is 0.506 e. The van der Waals surface area contributed by atoms with E-state index in [0.29, 0.717) is 0 Å². The van der Waals surface area contributed by atoms with Crippen molar-refractivity contribution in [1.29, 1.82) is 0 Å². The molecule has 0 heterocycles. The van der Waals surface area contributed by atoms with E-state index in [1.54, 1.807) is 0 Å². The van der Waals surface area contributed by atoms with E-state index in [1.807, 2.05) is 60.7 Å². The van der Waals surface area contributed by atoms with Crippen molar-refractivity contribution in [2.24, 2.45) is 0 Å². The predicted molar refractivity (Wildman–Crippen MR) is 78.5 cm³/mol. The van der Waals surface area contributed by atoms with Crippen LogP contribution in [0.3, 0.4) is 0 Å². The number of hydrogen-bond acceptors (Lipinski definition) is 4. The number of rotatable bonds is 4. The SMILES string of the molecule is O=C(O)OCc1ccccc1.O=C(O)OCc1ccccc1. The lowest BCUT2D eigenvalue weighted by Gasteiger charge is -1.98. The highest BCUT2D eigenvalue weighted by Gasteiger charge is 1.96. The molecule has 0 amide bonds. The monoisotopic (exact) mass is 304 g/mol. The first-order valence-corrected chi connectivity index (χ1v) is 6.37. The molecule has 0 aliphatic rings. The van der Waals surface area contributed by atoms with Crippen LogP contribution in [-0.2, 0) is 22.7 Å². The highest BCUT2D eigenvalue weighted by Crippen LogP contribution is 2.00. The average Bonchev–Trinajstić information content (AvgIpc) is 2.53. The number of carboxylic acid groups (broad SMARTS) is 2. The first-order valence-electron chi connectivity index (χ1n) is 6.37. The molecule has 22 heavy (non-hydrogen) atoms. The minimum Gasteiger partial charge on any atom is -0.450 e. The Morgan fingerprint density at radius 2 is 1.00 bits per heavy atom. The first kappa shape index (κ1) is 17.0. The molecule has 0 aliphatic carbocycles. The summed E-state index contributed by atoms with van der Waals surface area (Å²) in [5.74, 6) is 0. The van der Waals surface area contributed by atoms with Crippen molar-refractivity contribution < 1.29 is 29.3 Å². The molecule has 0 atom stereocenters. The molecule has 0 bridgehead atoms. The third-order valence-corrected chi connectivity index (χ3v) is 2.41. The zero-order valence-corrected chi connectivity index (χ0v) is 11.7. The summed E-state index contributed by atoms with van der Waals surface area (Å²) in [7, 11) is 0. The largest absolute Gasteiger partial charge is 0.506 e. The summed E-state index contributed by atoms with van der Waals surface area (Å²) in [6.45, 7) is 0.242. The number of ether oxygens (including phenoxy) is 2. The second-order valence-corrected chi connectivity index (χ2v) is 4.08. The van der Waals surface area contributed by atoms with Crippen molar-refractivity contribution in [1.82, 2.24) is 0 Å². The van der Waals surface area contributed by atoms with Crippen LogP contribution < -0.4 is 0 Å². The molecule has 0 spiro atoms. The van der Waals surface area contributed by atoms with Gasteiger partial charge in [0.05, 0.1) is 0 Å². The molecule has 0 unspecified atom stereocenters. The summed E-state index contributed by atoms with van der Waals surface area (Å²) < 4.78 is 8.69. The predicted octanol–water partition coefficient (Wildman–Crippen LogP) is 3.76. The molecule has 0 aromatic heterocycles. The Balaban J connectivity index is 0.000000220. The summed E-state index contributed by atoms with van der Waals surface area (Å²) in [4.78, 5) is 19.9. The Bertz CT molecular complexity index is 514. The van der Waals surface area contributed by atoms with Crippen molar-refractivity contribution in [3.63, 3.8) is 0 Å². The van der Waals surface area contributed by atoms with E-state index in [1.165, 1.54) is 0 Å². The number of benzene rings is 2. The molecular formula is C16H16O6. The summed E-state index contributed by atoms with van der Waals surface area (Å²) in [5, 5.41) is 16.3. The Hall–Kier alpha value is -3.02. The fourth-order valence-corrected chi connectivity index (χ4v) is 1.44. The van der Waals surface area contributed by atoms with Crippen LogP contribution in [0.1, 0.15) is 11.1 Å². The molecule has 0 saturated heterocycles. The lowest BCUT2D eigenvalue weighted by Crippen LogP contribution is -1.99. The van der Waals surface area contributed by atoms with Gasteiger partial charge >= 0.3 is 12.3 Å². The van der Waals surface area contributed by atoms with Crippen LogP contribution in [0, 0.1) is 0 Å². The highest BCUT2D eigenvalue weighted by molar-refractivity contribution is 5.57. The molecule has 2 rings (SSSR count). The van der Waals surface area contributed by atoms with Crippen LogP contribution >= 0.6 is 0 Å². The fourth-order valence-electron chi connectivity index (χ4n) is 1.44. The molecule has 2 aromatic rings. The van der Waals surface area contributed by atoms with Gasteiger partial charge in [-0.25, -0.2) is 9.59 Å². The van der Waals surface area contributed by atoms with Gasteiger partial charge in [0.2, 0.25) is 0 Å². The highest BCUT2D eigenvalue weighted by atomic mass is 16.7. The van der Waals surface area contributed by atoms with Gasteiger partial charge in [-0.05, 0) is 11.1 Å². The number of hydrogen-bond donors (Lipinski definition) is 2. The molecular weight excluding hydrogens is 288 g/mol. The van der Waals surface area contributed by atoms with Crippen molar-refractivity contribution in [3.05, 3.63) is 71.8 Å². The van der Waals surface area contributed by atoms with Gasteiger partial charge in [-0.3, -0.25) is 0 Å². The summed E-state index contributed by atoms with van der Waals surface area (Å²) in [6, 6.07) is 18.3. The Morgan fingerprint density at radius 3 is 1.27 bits per heavy atom. The van der Waals surface area contributed by atoms with Gasteiger partial charge in [-0.1, -0.05) is 60.7 Å². The van der Waals surface area contributed by atoms with E-state index in [-0.39, 0.29) is 13.2 Å². The maximum absolute atomic E-state index is 9.95. The first-order chi connectivity index (χ1) is 10.6. The molecule has 0 aliphatic heterocycles. The minimum atomic E-state index is -1.24. The van der Waals surface area contributed by atoms with E-state index in [9.17, 15) is 9.59 Å². The van der Waals surface area contributed by atoms with Crippen LogP contribution in [0.2, 0.25) is 0 Å². The Labute approximate surface area is 127 Å². The molecule has 0 fully saturated rings. The molecule has 0 radical (unpaired) electrons. The smallest absolute Gasteiger partial charge is 0.450 e. The normalized spacial score (nSPS) is 9.09. The van der Waals surface area contributed by atoms with Gasteiger partial charge in [-0.2, -0.15) is 0 Å². The van der Waals surface area contributed by atoms with Gasteiger partial charge in [0.15, 0.2) is 0 Å². The van der Waals surface area contributed by atoms with Crippen LogP contribution in [0.15, 0.2) is 60.7 Å². The molecule has 2 N–H and O–H groups in total. The van der Waals surface area contributed by atoms with Gasteiger partial charge in [0.25, 0.3) is 0 Å². The molecule has 116 valence electrons. The third kappa shape index (κ3) is 8.21. The lowest BCUT2D eigenvalue weighted by atomic mass is 10.2. The van der Waals surface area contributed by atoms with Crippen molar-refractivity contribution >= 4 is 12.3 Å². The topological polar surface area (TPSA) is 93.1 Å². The summed E-state index contributed by atoms with van der Waals surface area (Å²) in [6.07, 6.45) is -2.48. The van der Waals surface area contributed by atoms with Gasteiger partial charge < -0.3 is 19.7 Å². The molecule has 2 aromatic carbocycles. The number of carbonyl (C=O) groups is 2. The maximum atomic E-state index is 9.95. The standard InChI is InChI=1S/2C8H8O3/c2*9-8(10)11-6-7-4-2-1-3-5-7/h2*1-5H,6H2,(H,9,10). The summed E-state index contributed by atoms with van der Waals surface area (Å²) >= 11 is 0. The van der Waals surface area contributed by atoms with Gasteiger partial charge in [0, 0.05) is 0 Å². The van der Waals surface area contributed by atoms with E-state index in [0.717, 1.165) is 11.1 Å². The van der Waals surface area contributed by atoms with E-state index < -0.39 is 12.3 Å². The van der Waals surface area contributed by atoms with Crippen LogP contribution in [0.25, 0.3) is 0 Å². The Kier molecular flexibility index (Phi) is 7.60. The van der Waals surface area contributed by atoms with Crippen LogP contribution in [0.5, 0.6) is 0 Å². The van der Waals surface area contributed by atoms with Crippen LogP contribution in [-0.4, -0.2) is 22.5 Å². The van der Waals surface area contributed by atoms with E-state index >= 15 is 0 Å². The van der Waals surface area contributed by atoms with Crippen molar-refractivity contribution in [2.75, 3.05) is 0 Å². The second kappa shape index (κ2) is 9.82. The quantitative estimate of drug-likeness (QED) is 0.835. The van der Waals surface area contributed by atoms with Gasteiger partial charge in [0.1, 0.15) is 13.2 Å². The molecule has 6 nitrogen and oxygen atoms in total. The zero-order valence-electron chi connectivity index (χ0n) is 11.7. The minimum absolute atomic E-state index is 0.121. The lowest BCUT2D eigenvalue weighted by molar-refractivity contribution is 0.0842. The van der Waals surface area contributed by atoms with E-state index in [4.69, 9.17) is 10.2 Å². The van der Waals surface area contributed by atoms with E-state index in [2.05, 4.69) is 9.47 Å². The molecule has 0 saturated carbocycles. The summed E-state index contributed by atoms with van der Waals surface area (Å²) in [5.41, 5.74) is 1.71.